The van der Waals surface area contributed by atoms with Gasteiger partial charge in [-0.1, -0.05) is 6.92 Å². The number of hydrogen-bond acceptors (Lipinski definition) is 2. The highest BCUT2D eigenvalue weighted by molar-refractivity contribution is 5.36. The van der Waals surface area contributed by atoms with Gasteiger partial charge in [0.1, 0.15) is 11.6 Å². The van der Waals surface area contributed by atoms with Crippen LogP contribution in [0.4, 0.5) is 14.7 Å². The van der Waals surface area contributed by atoms with E-state index in [1.54, 1.807) is 0 Å². The van der Waals surface area contributed by atoms with Crippen LogP contribution in [0.2, 0.25) is 0 Å². The zero-order valence-electron chi connectivity index (χ0n) is 10.7. The van der Waals surface area contributed by atoms with Crippen molar-refractivity contribution in [1.82, 2.24) is 9.55 Å². The van der Waals surface area contributed by atoms with E-state index in [1.165, 1.54) is 12.1 Å². The first-order valence-corrected chi connectivity index (χ1v) is 6.45. The number of hydrogen-bond donors (Lipinski definition) is 1. The van der Waals surface area contributed by atoms with E-state index >= 15 is 0 Å². The van der Waals surface area contributed by atoms with E-state index in [2.05, 4.69) is 10.3 Å². The SMILES string of the molecule is CCc1cn2c(n1)NCCC2c1cc(F)cc(F)c1. The minimum Gasteiger partial charge on any atom is -0.356 e. The Morgan fingerprint density at radius 2 is 2.05 bits per heavy atom. The Labute approximate surface area is 110 Å². The molecule has 3 rings (SSSR count). The lowest BCUT2D eigenvalue weighted by molar-refractivity contribution is 0.515. The largest absolute Gasteiger partial charge is 0.356 e. The summed E-state index contributed by atoms with van der Waals surface area (Å²) in [4.78, 5) is 4.45. The summed E-state index contributed by atoms with van der Waals surface area (Å²) < 4.78 is 28.7. The normalized spacial score (nSPS) is 17.9. The molecule has 0 fully saturated rings. The second-order valence-corrected chi connectivity index (χ2v) is 4.75. The van der Waals surface area contributed by atoms with Gasteiger partial charge in [-0.3, -0.25) is 0 Å². The lowest BCUT2D eigenvalue weighted by atomic mass is 10.0. The zero-order valence-corrected chi connectivity index (χ0v) is 10.7. The molecule has 0 saturated carbocycles. The first-order valence-electron chi connectivity index (χ1n) is 6.45. The number of anilines is 1. The topological polar surface area (TPSA) is 29.9 Å². The molecule has 1 aliphatic rings. The van der Waals surface area contributed by atoms with Crippen molar-refractivity contribution >= 4 is 5.95 Å². The minimum atomic E-state index is -0.536. The summed E-state index contributed by atoms with van der Waals surface area (Å²) >= 11 is 0. The maximum Gasteiger partial charge on any atom is 0.203 e. The van der Waals surface area contributed by atoms with E-state index in [4.69, 9.17) is 0 Å². The molecule has 1 atom stereocenters. The number of fused-ring (bicyclic) bond motifs is 1. The fourth-order valence-electron chi connectivity index (χ4n) is 2.54. The van der Waals surface area contributed by atoms with Crippen LogP contribution in [0.5, 0.6) is 0 Å². The molecule has 1 aromatic carbocycles. The average Bonchev–Trinajstić information content (AvgIpc) is 2.80. The van der Waals surface area contributed by atoms with Crippen LogP contribution >= 0.6 is 0 Å². The predicted molar refractivity (Wildman–Crippen MR) is 69.2 cm³/mol. The van der Waals surface area contributed by atoms with Gasteiger partial charge < -0.3 is 9.88 Å². The lowest BCUT2D eigenvalue weighted by Crippen LogP contribution is -2.23. The fourth-order valence-corrected chi connectivity index (χ4v) is 2.54. The number of aryl methyl sites for hydroxylation is 1. The summed E-state index contributed by atoms with van der Waals surface area (Å²) in [5.41, 5.74) is 1.63. The number of aromatic nitrogens is 2. The van der Waals surface area contributed by atoms with Gasteiger partial charge in [0.05, 0.1) is 11.7 Å². The summed E-state index contributed by atoms with van der Waals surface area (Å²) in [6.45, 7) is 2.79. The number of benzene rings is 1. The molecule has 1 unspecified atom stereocenters. The van der Waals surface area contributed by atoms with Crippen LogP contribution < -0.4 is 5.32 Å². The molecule has 2 aromatic rings. The molecule has 0 radical (unpaired) electrons. The van der Waals surface area contributed by atoms with Crippen molar-refractivity contribution in [1.29, 1.82) is 0 Å². The van der Waals surface area contributed by atoms with Crippen LogP contribution in [-0.2, 0) is 6.42 Å². The number of imidazole rings is 1. The molecule has 3 nitrogen and oxygen atoms in total. The molecule has 0 spiro atoms. The highest BCUT2D eigenvalue weighted by Crippen LogP contribution is 2.30. The van der Waals surface area contributed by atoms with Crippen LogP contribution in [0, 0.1) is 11.6 Å². The number of rotatable bonds is 2. The Kier molecular flexibility index (Phi) is 2.97. The summed E-state index contributed by atoms with van der Waals surface area (Å²) in [5.74, 6) is -0.297. The summed E-state index contributed by atoms with van der Waals surface area (Å²) in [6.07, 6.45) is 3.58. The van der Waals surface area contributed by atoms with Crippen LogP contribution in [0.3, 0.4) is 0 Å². The van der Waals surface area contributed by atoms with Gasteiger partial charge in [0.2, 0.25) is 5.95 Å². The zero-order chi connectivity index (χ0) is 13.4. The van der Waals surface area contributed by atoms with Crippen molar-refractivity contribution in [2.45, 2.75) is 25.8 Å². The molecule has 0 saturated heterocycles. The predicted octanol–water partition coefficient (Wildman–Crippen LogP) is 3.13. The molecule has 5 heteroatoms. The summed E-state index contributed by atoms with van der Waals surface area (Å²) in [7, 11) is 0. The summed E-state index contributed by atoms with van der Waals surface area (Å²) in [5, 5.41) is 3.21. The highest BCUT2D eigenvalue weighted by atomic mass is 19.1. The van der Waals surface area contributed by atoms with Crippen LogP contribution in [0.1, 0.15) is 30.6 Å². The van der Waals surface area contributed by atoms with Gasteiger partial charge in [0, 0.05) is 18.8 Å². The standard InChI is InChI=1S/C14H15F2N3/c1-2-12-8-19-13(3-4-17-14(19)18-12)9-5-10(15)7-11(16)6-9/h5-8,13H,2-4H2,1H3,(H,17,18). The molecule has 1 aliphatic heterocycles. The smallest absolute Gasteiger partial charge is 0.203 e. The second kappa shape index (κ2) is 4.64. The molecular formula is C14H15F2N3. The van der Waals surface area contributed by atoms with Crippen LogP contribution in [0.25, 0.3) is 0 Å². The van der Waals surface area contributed by atoms with E-state index in [0.29, 0.717) is 5.56 Å². The Morgan fingerprint density at radius 3 is 2.74 bits per heavy atom. The Balaban J connectivity index is 2.05. The molecule has 2 heterocycles. The van der Waals surface area contributed by atoms with Gasteiger partial charge in [-0.15, -0.1) is 0 Å². The number of halogens is 2. The van der Waals surface area contributed by atoms with Gasteiger partial charge in [-0.25, -0.2) is 13.8 Å². The van der Waals surface area contributed by atoms with E-state index in [1.807, 2.05) is 17.7 Å². The third-order valence-corrected chi connectivity index (χ3v) is 3.45. The van der Waals surface area contributed by atoms with Gasteiger partial charge in [-0.2, -0.15) is 0 Å². The Morgan fingerprint density at radius 1 is 1.32 bits per heavy atom. The Hall–Kier alpha value is -1.91. The fraction of sp³-hybridized carbons (Fsp3) is 0.357. The van der Waals surface area contributed by atoms with Gasteiger partial charge in [-0.05, 0) is 30.5 Å². The minimum absolute atomic E-state index is 0.0609. The van der Waals surface area contributed by atoms with Gasteiger partial charge >= 0.3 is 0 Å². The highest BCUT2D eigenvalue weighted by Gasteiger charge is 2.23. The van der Waals surface area contributed by atoms with Crippen molar-refractivity contribution in [2.75, 3.05) is 11.9 Å². The lowest BCUT2D eigenvalue weighted by Gasteiger charge is -2.26. The maximum absolute atomic E-state index is 13.3. The quantitative estimate of drug-likeness (QED) is 0.902. The van der Waals surface area contributed by atoms with E-state index < -0.39 is 11.6 Å². The first-order chi connectivity index (χ1) is 9.17. The third kappa shape index (κ3) is 2.20. The third-order valence-electron chi connectivity index (χ3n) is 3.45. The second-order valence-electron chi connectivity index (χ2n) is 4.75. The monoisotopic (exact) mass is 263 g/mol. The molecular weight excluding hydrogens is 248 g/mol. The summed E-state index contributed by atoms with van der Waals surface area (Å²) in [6, 6.07) is 3.63. The molecule has 1 N–H and O–H groups in total. The average molecular weight is 263 g/mol. The van der Waals surface area contributed by atoms with E-state index in [-0.39, 0.29) is 6.04 Å². The Bertz CT molecular complexity index is 586. The maximum atomic E-state index is 13.3. The molecule has 0 aliphatic carbocycles. The number of nitrogens with zero attached hydrogens (tertiary/aromatic N) is 2. The molecule has 0 amide bonds. The van der Waals surface area contributed by atoms with Crippen molar-refractivity contribution in [2.24, 2.45) is 0 Å². The van der Waals surface area contributed by atoms with Crippen molar-refractivity contribution < 1.29 is 8.78 Å². The molecule has 0 bridgehead atoms. The van der Waals surface area contributed by atoms with Crippen LogP contribution in [-0.4, -0.2) is 16.1 Å². The van der Waals surface area contributed by atoms with E-state index in [0.717, 1.165) is 37.1 Å². The molecule has 100 valence electrons. The molecule has 19 heavy (non-hydrogen) atoms. The van der Waals surface area contributed by atoms with Crippen molar-refractivity contribution in [3.05, 3.63) is 47.3 Å². The van der Waals surface area contributed by atoms with Gasteiger partial charge in [0.15, 0.2) is 0 Å². The van der Waals surface area contributed by atoms with Gasteiger partial charge in [0.25, 0.3) is 0 Å². The van der Waals surface area contributed by atoms with E-state index in [9.17, 15) is 8.78 Å². The number of nitrogens with one attached hydrogen (secondary N) is 1. The van der Waals surface area contributed by atoms with Crippen molar-refractivity contribution in [3.8, 4) is 0 Å². The first kappa shape index (κ1) is 12.1. The van der Waals surface area contributed by atoms with Crippen LogP contribution in [0.15, 0.2) is 24.4 Å². The van der Waals surface area contributed by atoms with Crippen molar-refractivity contribution in [3.63, 3.8) is 0 Å². The molecule has 1 aromatic heterocycles.